The molecule has 0 spiro atoms. The lowest BCUT2D eigenvalue weighted by Gasteiger charge is -2.37. The third-order valence-corrected chi connectivity index (χ3v) is 5.75. The number of ether oxygens (including phenoxy) is 1. The van der Waals surface area contributed by atoms with Gasteiger partial charge in [-0.1, -0.05) is 27.7 Å². The highest BCUT2D eigenvalue weighted by atomic mass is 16.5. The lowest BCUT2D eigenvalue weighted by molar-refractivity contribution is -0.132. The van der Waals surface area contributed by atoms with E-state index < -0.39 is 47.3 Å². The number of carboxylic acids is 1. The highest BCUT2D eigenvalue weighted by molar-refractivity contribution is 5.93. The number of nitrogens with one attached hydrogen (secondary N) is 1. The normalized spacial score (nSPS) is 21.6. The first-order valence-electron chi connectivity index (χ1n) is 9.61. The molecule has 2 heterocycles. The summed E-state index contributed by atoms with van der Waals surface area (Å²) in [6.45, 7) is 7.26. The molecule has 0 aromatic carbocycles. The molecule has 1 aromatic heterocycles. The second-order valence-electron chi connectivity index (χ2n) is 8.23. The van der Waals surface area contributed by atoms with Crippen molar-refractivity contribution in [3.05, 3.63) is 24.0 Å². The van der Waals surface area contributed by atoms with Crippen LogP contribution in [0.15, 0.2) is 18.5 Å². The summed E-state index contributed by atoms with van der Waals surface area (Å²) in [5.74, 6) is -2.65. The number of hydrogen-bond donors (Lipinski definition) is 3. The number of aromatic carboxylic acids is 1. The molecule has 4 unspecified atom stereocenters. The highest BCUT2D eigenvalue weighted by Gasteiger charge is 2.42. The summed E-state index contributed by atoms with van der Waals surface area (Å²) in [6.07, 6.45) is 3.09. The van der Waals surface area contributed by atoms with Crippen molar-refractivity contribution >= 4 is 23.6 Å². The van der Waals surface area contributed by atoms with Crippen molar-refractivity contribution in [1.82, 2.24) is 9.88 Å². The second-order valence-corrected chi connectivity index (χ2v) is 8.23. The van der Waals surface area contributed by atoms with Crippen molar-refractivity contribution in [1.29, 1.82) is 0 Å². The number of carbonyl (C=O) groups is 4. The van der Waals surface area contributed by atoms with Crippen LogP contribution in [0.2, 0.25) is 0 Å². The topological polar surface area (TPSA) is 141 Å². The number of amides is 2. The van der Waals surface area contributed by atoms with Crippen molar-refractivity contribution in [3.63, 3.8) is 0 Å². The van der Waals surface area contributed by atoms with Crippen LogP contribution >= 0.6 is 0 Å². The maximum absolute atomic E-state index is 13.3. The Balaban J connectivity index is 2.37. The first-order chi connectivity index (χ1) is 13.5. The van der Waals surface area contributed by atoms with Crippen LogP contribution in [-0.4, -0.2) is 52.0 Å². The Morgan fingerprint density at radius 3 is 2.59 bits per heavy atom. The number of Topliss-reactive ketones (excluding diaryl/α,β-unsaturated/α-hetero) is 1. The van der Waals surface area contributed by atoms with E-state index in [1.54, 1.807) is 6.92 Å². The first kappa shape index (κ1) is 22.6. The molecule has 1 aliphatic heterocycles. The van der Waals surface area contributed by atoms with Crippen molar-refractivity contribution < 1.29 is 29.0 Å². The van der Waals surface area contributed by atoms with Crippen molar-refractivity contribution in [2.24, 2.45) is 17.1 Å². The Morgan fingerprint density at radius 2 is 2.07 bits per heavy atom. The summed E-state index contributed by atoms with van der Waals surface area (Å²) in [6, 6.07) is -0.200. The quantitative estimate of drug-likeness (QED) is 0.560. The Bertz CT molecular complexity index is 800. The van der Waals surface area contributed by atoms with Gasteiger partial charge in [0.15, 0.2) is 5.78 Å². The number of carbonyl (C=O) groups excluding carboxylic acids is 3. The van der Waals surface area contributed by atoms with Gasteiger partial charge in [-0.2, -0.15) is 0 Å². The van der Waals surface area contributed by atoms with E-state index in [1.165, 1.54) is 23.0 Å². The molecule has 0 saturated carbocycles. The number of rotatable bonds is 9. The van der Waals surface area contributed by atoms with Crippen LogP contribution in [0.4, 0.5) is 0 Å². The molecule has 1 aromatic rings. The minimum Gasteiger partial charge on any atom is -0.478 e. The van der Waals surface area contributed by atoms with Crippen LogP contribution in [-0.2, 0) is 19.1 Å². The molecule has 0 radical (unpaired) electrons. The van der Waals surface area contributed by atoms with Crippen LogP contribution in [0.25, 0.3) is 0 Å². The Morgan fingerprint density at radius 1 is 1.41 bits per heavy atom. The van der Waals surface area contributed by atoms with E-state index in [0.29, 0.717) is 6.42 Å². The van der Waals surface area contributed by atoms with Crippen LogP contribution < -0.4 is 11.1 Å². The average Bonchev–Trinajstić information content (AvgIpc) is 3.22. The minimum atomic E-state index is -1.11. The summed E-state index contributed by atoms with van der Waals surface area (Å²) in [5.41, 5.74) is 4.76. The SMILES string of the molecule is CCC1OCC(=O)C1NC(=O)C(C(C)C(C)(C)CC(N)=O)n1ccc(C(=O)O)c1. The zero-order chi connectivity index (χ0) is 21.9. The van der Waals surface area contributed by atoms with Crippen molar-refractivity contribution in [2.75, 3.05) is 6.61 Å². The lowest BCUT2D eigenvalue weighted by Crippen LogP contribution is -2.49. The molecule has 1 fully saturated rings. The van der Waals surface area contributed by atoms with E-state index in [1.807, 2.05) is 20.8 Å². The van der Waals surface area contributed by atoms with Gasteiger partial charge in [-0.3, -0.25) is 14.4 Å². The van der Waals surface area contributed by atoms with Gasteiger partial charge in [0, 0.05) is 18.8 Å². The number of ketones is 1. The lowest BCUT2D eigenvalue weighted by atomic mass is 9.73. The summed E-state index contributed by atoms with van der Waals surface area (Å²) in [5, 5.41) is 12.0. The molecule has 2 amide bonds. The van der Waals surface area contributed by atoms with Crippen LogP contribution in [0.1, 0.15) is 56.9 Å². The molecule has 0 bridgehead atoms. The molecule has 0 aliphatic carbocycles. The smallest absolute Gasteiger partial charge is 0.337 e. The second kappa shape index (κ2) is 8.77. The molecule has 1 aliphatic rings. The number of hydrogen-bond acceptors (Lipinski definition) is 5. The standard InChI is InChI=1S/C20H29N3O6/c1-5-14-16(13(24)10-29-14)22-18(26)17(11(2)20(3,4)8-15(21)25)23-7-6-12(9-23)19(27)28/h6-7,9,11,14,16-17H,5,8,10H2,1-4H3,(H2,21,25)(H,22,26)(H,27,28). The van der Waals surface area contributed by atoms with Crippen LogP contribution in [0.5, 0.6) is 0 Å². The molecule has 4 atom stereocenters. The summed E-state index contributed by atoms with van der Waals surface area (Å²) in [4.78, 5) is 48.2. The third-order valence-electron chi connectivity index (χ3n) is 5.75. The molecule has 4 N–H and O–H groups in total. The molecule has 160 valence electrons. The predicted molar refractivity (Wildman–Crippen MR) is 104 cm³/mol. The van der Waals surface area contributed by atoms with E-state index in [0.717, 1.165) is 0 Å². The van der Waals surface area contributed by atoms with Gasteiger partial charge < -0.3 is 25.5 Å². The third kappa shape index (κ3) is 5.03. The fourth-order valence-electron chi connectivity index (χ4n) is 3.72. The molecular formula is C20H29N3O6. The van der Waals surface area contributed by atoms with E-state index in [2.05, 4.69) is 5.32 Å². The van der Waals surface area contributed by atoms with Gasteiger partial charge in [0.2, 0.25) is 11.8 Å². The Kier molecular flexibility index (Phi) is 6.84. The highest BCUT2D eigenvalue weighted by Crippen LogP contribution is 2.38. The number of nitrogens with two attached hydrogens (primary N) is 1. The van der Waals surface area contributed by atoms with E-state index >= 15 is 0 Å². The average molecular weight is 407 g/mol. The van der Waals surface area contributed by atoms with Gasteiger partial charge in [-0.15, -0.1) is 0 Å². The van der Waals surface area contributed by atoms with Crippen LogP contribution in [0.3, 0.4) is 0 Å². The maximum Gasteiger partial charge on any atom is 0.337 e. The number of aromatic nitrogens is 1. The Labute approximate surface area is 169 Å². The van der Waals surface area contributed by atoms with Gasteiger partial charge in [-0.05, 0) is 23.8 Å². The molecule has 2 rings (SSSR count). The predicted octanol–water partition coefficient (Wildman–Crippen LogP) is 1.13. The van der Waals surface area contributed by atoms with E-state index in [4.69, 9.17) is 10.5 Å². The Hall–Kier alpha value is -2.68. The summed E-state index contributed by atoms with van der Waals surface area (Å²) < 4.78 is 6.93. The first-order valence-corrected chi connectivity index (χ1v) is 9.61. The fraction of sp³-hybridized carbons (Fsp3) is 0.600. The van der Waals surface area contributed by atoms with Crippen molar-refractivity contribution in [2.45, 2.75) is 58.7 Å². The minimum absolute atomic E-state index is 0.0365. The number of primary amides is 1. The van der Waals surface area contributed by atoms with E-state index in [9.17, 15) is 24.3 Å². The summed E-state index contributed by atoms with van der Waals surface area (Å²) in [7, 11) is 0. The molecular weight excluding hydrogens is 378 g/mol. The number of carboxylic acid groups (broad SMARTS) is 1. The van der Waals surface area contributed by atoms with Gasteiger partial charge in [0.1, 0.15) is 18.7 Å². The van der Waals surface area contributed by atoms with Gasteiger partial charge in [-0.25, -0.2) is 4.79 Å². The largest absolute Gasteiger partial charge is 0.478 e. The fourth-order valence-corrected chi connectivity index (χ4v) is 3.72. The zero-order valence-corrected chi connectivity index (χ0v) is 17.2. The summed E-state index contributed by atoms with van der Waals surface area (Å²) >= 11 is 0. The molecule has 29 heavy (non-hydrogen) atoms. The molecule has 9 nitrogen and oxygen atoms in total. The van der Waals surface area contributed by atoms with Crippen molar-refractivity contribution in [3.8, 4) is 0 Å². The van der Waals surface area contributed by atoms with Crippen LogP contribution in [0, 0.1) is 11.3 Å². The number of nitrogens with zero attached hydrogens (tertiary/aromatic N) is 1. The van der Waals surface area contributed by atoms with Gasteiger partial charge in [0.25, 0.3) is 0 Å². The zero-order valence-electron chi connectivity index (χ0n) is 17.2. The van der Waals surface area contributed by atoms with Gasteiger partial charge >= 0.3 is 5.97 Å². The molecule has 1 saturated heterocycles. The monoisotopic (exact) mass is 407 g/mol. The van der Waals surface area contributed by atoms with Gasteiger partial charge in [0.05, 0.1) is 11.7 Å². The maximum atomic E-state index is 13.3. The van der Waals surface area contributed by atoms with E-state index in [-0.39, 0.29) is 24.4 Å². The molecule has 9 heteroatoms.